The number of H-pyrrole nitrogens is 1. The highest BCUT2D eigenvalue weighted by Crippen LogP contribution is 2.36. The lowest BCUT2D eigenvalue weighted by molar-refractivity contribution is 0.311. The van der Waals surface area contributed by atoms with Crippen molar-refractivity contribution in [3.63, 3.8) is 0 Å². The van der Waals surface area contributed by atoms with Gasteiger partial charge >= 0.3 is 0 Å². The molecule has 31 heavy (non-hydrogen) atoms. The lowest BCUT2D eigenvalue weighted by Crippen LogP contribution is -2.42. The van der Waals surface area contributed by atoms with E-state index in [1.54, 1.807) is 23.8 Å². The fourth-order valence-electron chi connectivity index (χ4n) is 4.89. The molecule has 1 N–H and O–H groups in total. The molecule has 2 atom stereocenters. The maximum atomic E-state index is 12.5. The van der Waals surface area contributed by atoms with Gasteiger partial charge in [0.15, 0.2) is 5.65 Å². The van der Waals surface area contributed by atoms with E-state index in [9.17, 15) is 8.42 Å². The molecule has 0 aromatic carbocycles. The van der Waals surface area contributed by atoms with Crippen molar-refractivity contribution < 1.29 is 8.42 Å². The molecule has 0 bridgehead atoms. The SMILES string of the molecule is CCS(=O)(=O)N1CCCC(c2ncnc3c2CN(c2ccnc4[nH]ncc24)C(C)C3)C1. The molecule has 0 aliphatic carbocycles. The number of sulfonamides is 1. The molecular formula is C21H27N7O2S. The van der Waals surface area contributed by atoms with E-state index in [1.807, 2.05) is 12.3 Å². The molecule has 164 valence electrons. The quantitative estimate of drug-likeness (QED) is 0.661. The van der Waals surface area contributed by atoms with Crippen molar-refractivity contribution in [1.82, 2.24) is 29.5 Å². The smallest absolute Gasteiger partial charge is 0.213 e. The lowest BCUT2D eigenvalue weighted by Gasteiger charge is -2.38. The molecule has 0 saturated carbocycles. The summed E-state index contributed by atoms with van der Waals surface area (Å²) in [4.78, 5) is 16.0. The molecular weight excluding hydrogens is 414 g/mol. The first-order valence-corrected chi connectivity index (χ1v) is 12.4. The number of anilines is 1. The first-order valence-electron chi connectivity index (χ1n) is 10.8. The fourth-order valence-corrected chi connectivity index (χ4v) is 6.07. The molecule has 1 saturated heterocycles. The Labute approximate surface area is 182 Å². The van der Waals surface area contributed by atoms with Gasteiger partial charge in [0.25, 0.3) is 0 Å². The first kappa shape index (κ1) is 20.3. The number of nitrogens with one attached hydrogen (secondary N) is 1. The molecule has 2 aliphatic rings. The van der Waals surface area contributed by atoms with Gasteiger partial charge in [0.2, 0.25) is 10.0 Å². The second-order valence-electron chi connectivity index (χ2n) is 8.43. The zero-order chi connectivity index (χ0) is 21.6. The summed E-state index contributed by atoms with van der Waals surface area (Å²) in [6, 6.07) is 2.29. The van der Waals surface area contributed by atoms with Gasteiger partial charge in [0.05, 0.1) is 34.4 Å². The summed E-state index contributed by atoms with van der Waals surface area (Å²) in [5.41, 5.74) is 5.06. The van der Waals surface area contributed by atoms with E-state index in [0.29, 0.717) is 19.6 Å². The van der Waals surface area contributed by atoms with Gasteiger partial charge in [-0.25, -0.2) is 27.7 Å². The van der Waals surface area contributed by atoms with Gasteiger partial charge in [0.1, 0.15) is 6.33 Å². The highest BCUT2D eigenvalue weighted by molar-refractivity contribution is 7.89. The van der Waals surface area contributed by atoms with Crippen LogP contribution < -0.4 is 4.90 Å². The zero-order valence-corrected chi connectivity index (χ0v) is 18.6. The van der Waals surface area contributed by atoms with Gasteiger partial charge in [0, 0.05) is 49.8 Å². The summed E-state index contributed by atoms with van der Waals surface area (Å²) in [6.45, 7) is 5.69. The predicted molar refractivity (Wildman–Crippen MR) is 118 cm³/mol. The normalized spacial score (nSPS) is 22.6. The number of pyridine rings is 1. The monoisotopic (exact) mass is 441 g/mol. The molecule has 5 rings (SSSR count). The average Bonchev–Trinajstić information content (AvgIpc) is 3.27. The van der Waals surface area contributed by atoms with E-state index in [1.165, 1.54) is 0 Å². The average molecular weight is 442 g/mol. The number of rotatable bonds is 4. The first-order chi connectivity index (χ1) is 15.0. The summed E-state index contributed by atoms with van der Waals surface area (Å²) < 4.78 is 26.6. The van der Waals surface area contributed by atoms with Crippen LogP contribution >= 0.6 is 0 Å². The van der Waals surface area contributed by atoms with Crippen LogP contribution in [0.15, 0.2) is 24.8 Å². The van der Waals surface area contributed by atoms with Gasteiger partial charge < -0.3 is 4.90 Å². The van der Waals surface area contributed by atoms with E-state index >= 15 is 0 Å². The second-order valence-corrected chi connectivity index (χ2v) is 10.7. The third-order valence-electron chi connectivity index (χ3n) is 6.59. The van der Waals surface area contributed by atoms with Gasteiger partial charge in [-0.2, -0.15) is 5.10 Å². The van der Waals surface area contributed by atoms with Gasteiger partial charge in [-0.15, -0.1) is 0 Å². The van der Waals surface area contributed by atoms with Crippen LogP contribution in [0.25, 0.3) is 11.0 Å². The minimum absolute atomic E-state index is 0.0912. The summed E-state index contributed by atoms with van der Waals surface area (Å²) in [5.74, 6) is 0.226. The summed E-state index contributed by atoms with van der Waals surface area (Å²) >= 11 is 0. The predicted octanol–water partition coefficient (Wildman–Crippen LogP) is 2.23. The topological polar surface area (TPSA) is 108 Å². The van der Waals surface area contributed by atoms with Crippen molar-refractivity contribution in [2.24, 2.45) is 0 Å². The molecule has 5 heterocycles. The number of hydrogen-bond donors (Lipinski definition) is 1. The number of nitrogens with zero attached hydrogens (tertiary/aromatic N) is 6. The fraction of sp³-hybridized carbons (Fsp3) is 0.524. The molecule has 0 amide bonds. The van der Waals surface area contributed by atoms with Gasteiger partial charge in [-0.05, 0) is 32.8 Å². The molecule has 3 aromatic rings. The molecule has 10 heteroatoms. The molecule has 3 aromatic heterocycles. The molecule has 2 unspecified atom stereocenters. The Bertz CT molecular complexity index is 1210. The van der Waals surface area contributed by atoms with E-state index in [-0.39, 0.29) is 17.7 Å². The minimum atomic E-state index is -3.20. The number of aromatic amines is 1. The minimum Gasteiger partial charge on any atom is -0.363 e. The summed E-state index contributed by atoms with van der Waals surface area (Å²) in [6.07, 6.45) is 7.87. The van der Waals surface area contributed by atoms with E-state index < -0.39 is 10.0 Å². The van der Waals surface area contributed by atoms with Gasteiger partial charge in [-0.3, -0.25) is 5.10 Å². The van der Waals surface area contributed by atoms with Crippen LogP contribution in [0.5, 0.6) is 0 Å². The van der Waals surface area contributed by atoms with E-state index in [4.69, 9.17) is 0 Å². The number of fused-ring (bicyclic) bond motifs is 2. The van der Waals surface area contributed by atoms with Crippen LogP contribution in [0.1, 0.15) is 49.6 Å². The second kappa shape index (κ2) is 7.83. The van der Waals surface area contributed by atoms with E-state index in [0.717, 1.165) is 52.9 Å². The van der Waals surface area contributed by atoms with Crippen molar-refractivity contribution in [3.05, 3.63) is 41.7 Å². The molecule has 9 nitrogen and oxygen atoms in total. The zero-order valence-electron chi connectivity index (χ0n) is 17.8. The van der Waals surface area contributed by atoms with Crippen molar-refractivity contribution in [2.45, 2.75) is 51.6 Å². The highest BCUT2D eigenvalue weighted by Gasteiger charge is 2.34. The van der Waals surface area contributed by atoms with Crippen LogP contribution in [-0.2, 0) is 23.0 Å². The van der Waals surface area contributed by atoms with Crippen LogP contribution in [0, 0.1) is 0 Å². The van der Waals surface area contributed by atoms with Crippen molar-refractivity contribution in [1.29, 1.82) is 0 Å². The van der Waals surface area contributed by atoms with Crippen LogP contribution in [0.3, 0.4) is 0 Å². The van der Waals surface area contributed by atoms with Crippen LogP contribution in [0.4, 0.5) is 5.69 Å². The standard InChI is InChI=1S/C21H27N7O2S/c1-3-31(29,30)27-8-4-5-15(11-27)20-17-12-28(14(2)9-18(17)23-13-24-20)19-6-7-22-21-16(19)10-25-26-21/h6-7,10,13-15H,3-5,8-9,11-12H2,1-2H3,(H,22,25,26). The van der Waals surface area contributed by atoms with Crippen LogP contribution in [0.2, 0.25) is 0 Å². The maximum Gasteiger partial charge on any atom is 0.213 e. The van der Waals surface area contributed by atoms with E-state index in [2.05, 4.69) is 37.0 Å². The Morgan fingerprint density at radius 2 is 2.13 bits per heavy atom. The largest absolute Gasteiger partial charge is 0.363 e. The Hall–Kier alpha value is -2.59. The molecule has 0 spiro atoms. The Balaban J connectivity index is 1.50. The third-order valence-corrected chi connectivity index (χ3v) is 8.43. The summed E-state index contributed by atoms with van der Waals surface area (Å²) in [5, 5.41) is 8.10. The van der Waals surface area contributed by atoms with Crippen molar-refractivity contribution >= 4 is 26.7 Å². The summed E-state index contributed by atoms with van der Waals surface area (Å²) in [7, 11) is -3.20. The number of aromatic nitrogens is 5. The number of piperidine rings is 1. The molecule has 0 radical (unpaired) electrons. The van der Waals surface area contributed by atoms with Crippen molar-refractivity contribution in [3.8, 4) is 0 Å². The lowest BCUT2D eigenvalue weighted by atomic mass is 9.88. The molecule has 2 aliphatic heterocycles. The highest BCUT2D eigenvalue weighted by atomic mass is 32.2. The Kier molecular flexibility index (Phi) is 5.13. The van der Waals surface area contributed by atoms with Crippen molar-refractivity contribution in [2.75, 3.05) is 23.7 Å². The molecule has 1 fully saturated rings. The maximum absolute atomic E-state index is 12.5. The van der Waals surface area contributed by atoms with Crippen LogP contribution in [-0.4, -0.2) is 62.8 Å². The Morgan fingerprint density at radius 1 is 1.26 bits per heavy atom. The third kappa shape index (κ3) is 3.57. The Morgan fingerprint density at radius 3 is 2.97 bits per heavy atom. The number of hydrogen-bond acceptors (Lipinski definition) is 7. The van der Waals surface area contributed by atoms with Gasteiger partial charge in [-0.1, -0.05) is 0 Å².